The van der Waals surface area contributed by atoms with Crippen LogP contribution in [-0.4, -0.2) is 25.3 Å². The van der Waals surface area contributed by atoms with Crippen LogP contribution in [0.25, 0.3) is 0 Å². The van der Waals surface area contributed by atoms with E-state index in [0.717, 1.165) is 30.0 Å². The molecule has 2 N–H and O–H groups in total. The third kappa shape index (κ3) is 2.38. The van der Waals surface area contributed by atoms with E-state index in [0.29, 0.717) is 12.5 Å². The predicted octanol–water partition coefficient (Wildman–Crippen LogP) is 1.03. The average molecular weight is 262 g/mol. The Morgan fingerprint density at radius 1 is 1.47 bits per heavy atom. The van der Waals surface area contributed by atoms with Crippen molar-refractivity contribution in [3.63, 3.8) is 0 Å². The number of carbonyl (C=O) groups excluding carboxylic acids is 1. The number of carbonyl (C=O) groups is 1. The molecule has 2 aliphatic rings. The molecule has 1 aromatic rings. The molecular formula is C14H18N2O3. The van der Waals surface area contributed by atoms with E-state index < -0.39 is 0 Å². The van der Waals surface area contributed by atoms with Crippen LogP contribution in [0.4, 0.5) is 0 Å². The van der Waals surface area contributed by atoms with Crippen LogP contribution in [0.15, 0.2) is 18.2 Å². The Labute approximate surface area is 112 Å². The molecule has 0 spiro atoms. The molecule has 0 radical (unpaired) electrons. The molecule has 2 aliphatic heterocycles. The molecule has 5 nitrogen and oxygen atoms in total. The molecule has 102 valence electrons. The molecule has 2 atom stereocenters. The summed E-state index contributed by atoms with van der Waals surface area (Å²) in [5.74, 6) is 1.94. The normalized spacial score (nSPS) is 24.5. The van der Waals surface area contributed by atoms with E-state index >= 15 is 0 Å². The largest absolute Gasteiger partial charge is 0.454 e. The van der Waals surface area contributed by atoms with Gasteiger partial charge in [0.1, 0.15) is 0 Å². The van der Waals surface area contributed by atoms with Crippen molar-refractivity contribution in [2.24, 2.45) is 5.92 Å². The van der Waals surface area contributed by atoms with Gasteiger partial charge in [0.15, 0.2) is 11.5 Å². The molecule has 5 heteroatoms. The highest BCUT2D eigenvalue weighted by molar-refractivity contribution is 5.82. The maximum atomic E-state index is 12.1. The van der Waals surface area contributed by atoms with Gasteiger partial charge in [-0.2, -0.15) is 0 Å². The number of nitrogens with one attached hydrogen (secondary N) is 2. The second kappa shape index (κ2) is 5.09. The second-order valence-electron chi connectivity index (χ2n) is 5.07. The van der Waals surface area contributed by atoms with Gasteiger partial charge >= 0.3 is 0 Å². The Morgan fingerprint density at radius 2 is 2.37 bits per heavy atom. The lowest BCUT2D eigenvalue weighted by Gasteiger charge is -2.15. The van der Waals surface area contributed by atoms with Gasteiger partial charge in [0.25, 0.3) is 0 Å². The summed E-state index contributed by atoms with van der Waals surface area (Å²) in [6.45, 7) is 3.73. The van der Waals surface area contributed by atoms with E-state index in [1.165, 1.54) is 0 Å². The van der Waals surface area contributed by atoms with Crippen LogP contribution in [0, 0.1) is 5.92 Å². The molecule has 2 unspecified atom stereocenters. The summed E-state index contributed by atoms with van der Waals surface area (Å²) in [6, 6.07) is 5.65. The monoisotopic (exact) mass is 262 g/mol. The summed E-state index contributed by atoms with van der Waals surface area (Å²) in [6.07, 6.45) is 1.05. The highest BCUT2D eigenvalue weighted by Gasteiger charge is 2.29. The van der Waals surface area contributed by atoms with Crippen LogP contribution < -0.4 is 20.1 Å². The minimum absolute atomic E-state index is 0.0570. The average Bonchev–Trinajstić information content (AvgIpc) is 3.04. The van der Waals surface area contributed by atoms with Crippen molar-refractivity contribution in [3.05, 3.63) is 23.8 Å². The highest BCUT2D eigenvalue weighted by Crippen LogP contribution is 2.35. The zero-order chi connectivity index (χ0) is 13.2. The lowest BCUT2D eigenvalue weighted by molar-refractivity contribution is -0.123. The van der Waals surface area contributed by atoms with Gasteiger partial charge in [0, 0.05) is 12.1 Å². The van der Waals surface area contributed by atoms with Crippen molar-refractivity contribution in [2.45, 2.75) is 25.9 Å². The fraction of sp³-hybridized carbons (Fsp3) is 0.500. The lowest BCUT2D eigenvalue weighted by atomic mass is 10.0. The van der Waals surface area contributed by atoms with E-state index in [4.69, 9.17) is 9.47 Å². The first-order valence-corrected chi connectivity index (χ1v) is 6.64. The number of ether oxygens (including phenoxy) is 2. The molecule has 1 amide bonds. The van der Waals surface area contributed by atoms with Gasteiger partial charge in [-0.05, 0) is 24.9 Å². The van der Waals surface area contributed by atoms with Crippen LogP contribution >= 0.6 is 0 Å². The van der Waals surface area contributed by atoms with Crippen LogP contribution in [0.1, 0.15) is 18.9 Å². The fourth-order valence-corrected chi connectivity index (χ4v) is 2.61. The summed E-state index contributed by atoms with van der Waals surface area (Å²) in [7, 11) is 0. The maximum absolute atomic E-state index is 12.1. The fourth-order valence-electron chi connectivity index (χ4n) is 2.61. The molecule has 1 saturated heterocycles. The Morgan fingerprint density at radius 3 is 3.16 bits per heavy atom. The molecule has 3 rings (SSSR count). The first-order valence-electron chi connectivity index (χ1n) is 6.64. The van der Waals surface area contributed by atoms with Crippen LogP contribution in [0.5, 0.6) is 11.5 Å². The standard InChI is InChI=1S/C14H18N2O3/c1-9-5-6-15-12(9)14(17)16-7-10-3-2-4-11-13(10)19-8-18-11/h2-4,9,12,15H,5-8H2,1H3,(H,16,17). The lowest BCUT2D eigenvalue weighted by Crippen LogP contribution is -2.42. The van der Waals surface area contributed by atoms with Crippen molar-refractivity contribution in [1.29, 1.82) is 0 Å². The van der Waals surface area contributed by atoms with Crippen molar-refractivity contribution in [2.75, 3.05) is 13.3 Å². The van der Waals surface area contributed by atoms with Gasteiger partial charge in [-0.15, -0.1) is 0 Å². The molecule has 1 aromatic carbocycles. The van der Waals surface area contributed by atoms with E-state index in [1.807, 2.05) is 18.2 Å². The number of hydrogen-bond acceptors (Lipinski definition) is 4. The topological polar surface area (TPSA) is 59.6 Å². The van der Waals surface area contributed by atoms with E-state index in [2.05, 4.69) is 17.6 Å². The van der Waals surface area contributed by atoms with E-state index in [1.54, 1.807) is 0 Å². The van der Waals surface area contributed by atoms with Crippen LogP contribution in [0.3, 0.4) is 0 Å². The van der Waals surface area contributed by atoms with Crippen molar-refractivity contribution in [1.82, 2.24) is 10.6 Å². The molecule has 0 bridgehead atoms. The predicted molar refractivity (Wildman–Crippen MR) is 70.0 cm³/mol. The number of para-hydroxylation sites is 1. The Bertz CT molecular complexity index is 490. The highest BCUT2D eigenvalue weighted by atomic mass is 16.7. The summed E-state index contributed by atoms with van der Waals surface area (Å²) >= 11 is 0. The molecule has 19 heavy (non-hydrogen) atoms. The van der Waals surface area contributed by atoms with Crippen molar-refractivity contribution in [3.8, 4) is 11.5 Å². The van der Waals surface area contributed by atoms with Gasteiger partial charge < -0.3 is 20.1 Å². The molecule has 0 aliphatic carbocycles. The maximum Gasteiger partial charge on any atom is 0.237 e. The summed E-state index contributed by atoms with van der Waals surface area (Å²) in [5, 5.41) is 6.19. The van der Waals surface area contributed by atoms with Gasteiger partial charge in [-0.3, -0.25) is 4.79 Å². The van der Waals surface area contributed by atoms with Gasteiger partial charge in [-0.1, -0.05) is 19.1 Å². The minimum atomic E-state index is -0.0751. The number of amides is 1. The van der Waals surface area contributed by atoms with E-state index in [9.17, 15) is 4.79 Å². The zero-order valence-electron chi connectivity index (χ0n) is 10.9. The van der Waals surface area contributed by atoms with Gasteiger partial charge in [-0.25, -0.2) is 0 Å². The number of benzene rings is 1. The molecular weight excluding hydrogens is 244 g/mol. The Balaban J connectivity index is 1.63. The number of hydrogen-bond donors (Lipinski definition) is 2. The quantitative estimate of drug-likeness (QED) is 0.854. The van der Waals surface area contributed by atoms with Crippen molar-refractivity contribution < 1.29 is 14.3 Å². The summed E-state index contributed by atoms with van der Waals surface area (Å²) < 4.78 is 10.7. The Kier molecular flexibility index (Phi) is 3.29. The molecule has 0 aromatic heterocycles. The Hall–Kier alpha value is -1.75. The van der Waals surface area contributed by atoms with Gasteiger partial charge in [0.05, 0.1) is 6.04 Å². The van der Waals surface area contributed by atoms with Crippen LogP contribution in [0.2, 0.25) is 0 Å². The second-order valence-corrected chi connectivity index (χ2v) is 5.07. The first-order chi connectivity index (χ1) is 9.25. The molecule has 1 fully saturated rings. The van der Waals surface area contributed by atoms with E-state index in [-0.39, 0.29) is 18.7 Å². The smallest absolute Gasteiger partial charge is 0.237 e. The van der Waals surface area contributed by atoms with Gasteiger partial charge in [0.2, 0.25) is 12.7 Å². The number of rotatable bonds is 3. The summed E-state index contributed by atoms with van der Waals surface area (Å²) in [4.78, 5) is 12.1. The van der Waals surface area contributed by atoms with Crippen molar-refractivity contribution >= 4 is 5.91 Å². The minimum Gasteiger partial charge on any atom is -0.454 e. The SMILES string of the molecule is CC1CCNC1C(=O)NCc1cccc2c1OCO2. The zero-order valence-corrected chi connectivity index (χ0v) is 10.9. The third-order valence-electron chi connectivity index (χ3n) is 3.75. The number of fused-ring (bicyclic) bond motifs is 1. The third-order valence-corrected chi connectivity index (χ3v) is 3.75. The van der Waals surface area contributed by atoms with Crippen LogP contribution in [-0.2, 0) is 11.3 Å². The summed E-state index contributed by atoms with van der Waals surface area (Å²) in [5.41, 5.74) is 0.953. The molecule has 2 heterocycles. The molecule has 0 saturated carbocycles. The first kappa shape index (κ1) is 12.3.